The van der Waals surface area contributed by atoms with Gasteiger partial charge in [-0.1, -0.05) is 11.6 Å². The first-order chi connectivity index (χ1) is 7.75. The Morgan fingerprint density at radius 1 is 1.25 bits per heavy atom. The molecule has 0 aromatic carbocycles. The predicted octanol–water partition coefficient (Wildman–Crippen LogP) is 2.35. The van der Waals surface area contributed by atoms with E-state index in [-0.39, 0.29) is 0 Å². The molecule has 3 heterocycles. The molecule has 0 aliphatic rings. The van der Waals surface area contributed by atoms with E-state index in [4.69, 9.17) is 16.0 Å². The summed E-state index contributed by atoms with van der Waals surface area (Å²) in [4.78, 5) is 3.94. The van der Waals surface area contributed by atoms with E-state index >= 15 is 0 Å². The van der Waals surface area contributed by atoms with E-state index in [2.05, 4.69) is 15.2 Å². The van der Waals surface area contributed by atoms with Crippen LogP contribution in [-0.2, 0) is 0 Å². The minimum Gasteiger partial charge on any atom is -0.458 e. The summed E-state index contributed by atoms with van der Waals surface area (Å²) >= 11 is 6.04. The molecule has 0 bridgehead atoms. The standard InChI is InChI=1S/C10H7ClN4O/c1-6-2-3-7(16-6)10-14-13-9-5-12-4-8(11)15(9)10/h2-5H,1H3. The maximum absolute atomic E-state index is 6.04. The minimum absolute atomic E-state index is 0.451. The summed E-state index contributed by atoms with van der Waals surface area (Å²) < 4.78 is 7.18. The predicted molar refractivity (Wildman–Crippen MR) is 58.2 cm³/mol. The average Bonchev–Trinajstić information content (AvgIpc) is 2.84. The SMILES string of the molecule is Cc1ccc(-c2nnc3cncc(Cl)n23)o1. The Labute approximate surface area is 95.7 Å². The van der Waals surface area contributed by atoms with E-state index in [9.17, 15) is 0 Å². The Bertz CT molecular complexity index is 658. The normalized spacial score (nSPS) is 11.1. The summed E-state index contributed by atoms with van der Waals surface area (Å²) in [5.74, 6) is 2.03. The van der Waals surface area contributed by atoms with Crippen LogP contribution < -0.4 is 0 Å². The molecular formula is C10H7ClN4O. The molecule has 0 saturated heterocycles. The van der Waals surface area contributed by atoms with E-state index in [1.807, 2.05) is 19.1 Å². The van der Waals surface area contributed by atoms with Crippen molar-refractivity contribution in [3.8, 4) is 11.6 Å². The molecule has 80 valence electrons. The average molecular weight is 235 g/mol. The van der Waals surface area contributed by atoms with Crippen molar-refractivity contribution in [1.82, 2.24) is 19.6 Å². The van der Waals surface area contributed by atoms with Crippen molar-refractivity contribution in [2.45, 2.75) is 6.92 Å². The number of fused-ring (bicyclic) bond motifs is 1. The molecule has 0 fully saturated rings. The molecule has 3 aromatic rings. The molecular weight excluding hydrogens is 228 g/mol. The summed E-state index contributed by atoms with van der Waals surface area (Å²) in [6.45, 7) is 1.87. The Hall–Kier alpha value is -1.88. The van der Waals surface area contributed by atoms with Crippen LogP contribution in [0.5, 0.6) is 0 Å². The smallest absolute Gasteiger partial charge is 0.205 e. The molecule has 6 heteroatoms. The van der Waals surface area contributed by atoms with Crippen LogP contribution >= 0.6 is 11.6 Å². The highest BCUT2D eigenvalue weighted by Crippen LogP contribution is 2.23. The lowest BCUT2D eigenvalue weighted by Gasteiger charge is -1.98. The van der Waals surface area contributed by atoms with Crippen LogP contribution in [-0.4, -0.2) is 19.6 Å². The number of hydrogen-bond donors (Lipinski definition) is 0. The van der Waals surface area contributed by atoms with E-state index in [0.717, 1.165) is 5.76 Å². The zero-order valence-electron chi connectivity index (χ0n) is 8.38. The van der Waals surface area contributed by atoms with Crippen molar-refractivity contribution < 1.29 is 4.42 Å². The summed E-state index contributed by atoms with van der Waals surface area (Å²) in [7, 11) is 0. The first-order valence-electron chi connectivity index (χ1n) is 4.67. The van der Waals surface area contributed by atoms with Gasteiger partial charge in [-0.2, -0.15) is 0 Å². The second kappa shape index (κ2) is 3.31. The molecule has 16 heavy (non-hydrogen) atoms. The van der Waals surface area contributed by atoms with Crippen LogP contribution in [0.15, 0.2) is 28.9 Å². The molecule has 0 spiro atoms. The second-order valence-corrected chi connectivity index (χ2v) is 3.74. The Morgan fingerprint density at radius 2 is 2.12 bits per heavy atom. The molecule has 0 radical (unpaired) electrons. The largest absolute Gasteiger partial charge is 0.458 e. The fraction of sp³-hybridized carbons (Fsp3) is 0.100. The lowest BCUT2D eigenvalue weighted by molar-refractivity contribution is 0.543. The number of furan rings is 1. The number of halogens is 1. The van der Waals surface area contributed by atoms with E-state index < -0.39 is 0 Å². The lowest BCUT2D eigenvalue weighted by Crippen LogP contribution is -1.91. The van der Waals surface area contributed by atoms with Gasteiger partial charge in [0, 0.05) is 0 Å². The summed E-state index contributed by atoms with van der Waals surface area (Å²) in [6.07, 6.45) is 3.13. The molecule has 0 amide bonds. The van der Waals surface area contributed by atoms with E-state index in [1.165, 1.54) is 6.20 Å². The number of aryl methyl sites for hydroxylation is 1. The van der Waals surface area contributed by atoms with Gasteiger partial charge in [0.1, 0.15) is 10.9 Å². The Balaban J connectivity index is 2.32. The first kappa shape index (κ1) is 9.35. The lowest BCUT2D eigenvalue weighted by atomic mass is 10.4. The highest BCUT2D eigenvalue weighted by atomic mass is 35.5. The van der Waals surface area contributed by atoms with Crippen LogP contribution in [0.2, 0.25) is 5.15 Å². The minimum atomic E-state index is 0.451. The van der Waals surface area contributed by atoms with Crippen molar-refractivity contribution in [3.63, 3.8) is 0 Å². The second-order valence-electron chi connectivity index (χ2n) is 3.36. The van der Waals surface area contributed by atoms with E-state index in [0.29, 0.717) is 22.4 Å². The Kier molecular flexibility index (Phi) is 1.94. The first-order valence-corrected chi connectivity index (χ1v) is 5.05. The molecule has 0 atom stereocenters. The number of hydrogen-bond acceptors (Lipinski definition) is 4. The van der Waals surface area contributed by atoms with Gasteiger partial charge in [0.15, 0.2) is 11.4 Å². The zero-order chi connectivity index (χ0) is 11.1. The van der Waals surface area contributed by atoms with Crippen LogP contribution in [0.3, 0.4) is 0 Å². The van der Waals surface area contributed by atoms with Gasteiger partial charge in [0.05, 0.1) is 12.4 Å². The van der Waals surface area contributed by atoms with Crippen molar-refractivity contribution in [2.24, 2.45) is 0 Å². The van der Waals surface area contributed by atoms with Crippen molar-refractivity contribution in [1.29, 1.82) is 0 Å². The molecule has 5 nitrogen and oxygen atoms in total. The van der Waals surface area contributed by atoms with Crippen LogP contribution in [0.4, 0.5) is 0 Å². The van der Waals surface area contributed by atoms with Crippen LogP contribution in [0, 0.1) is 6.92 Å². The molecule has 0 unspecified atom stereocenters. The van der Waals surface area contributed by atoms with E-state index in [1.54, 1.807) is 10.6 Å². The summed E-state index contributed by atoms with van der Waals surface area (Å²) in [5.41, 5.74) is 0.594. The quantitative estimate of drug-likeness (QED) is 0.649. The summed E-state index contributed by atoms with van der Waals surface area (Å²) in [6, 6.07) is 3.70. The topological polar surface area (TPSA) is 56.2 Å². The van der Waals surface area contributed by atoms with Gasteiger partial charge in [-0.3, -0.25) is 9.38 Å². The maximum atomic E-state index is 6.04. The van der Waals surface area contributed by atoms with Gasteiger partial charge in [-0.05, 0) is 19.1 Å². The fourth-order valence-corrected chi connectivity index (χ4v) is 1.75. The highest BCUT2D eigenvalue weighted by Gasteiger charge is 2.13. The third-order valence-electron chi connectivity index (χ3n) is 2.23. The number of aromatic nitrogens is 4. The highest BCUT2D eigenvalue weighted by molar-refractivity contribution is 6.29. The molecule has 0 aliphatic heterocycles. The van der Waals surface area contributed by atoms with Crippen molar-refractivity contribution in [3.05, 3.63) is 35.4 Å². The number of rotatable bonds is 1. The molecule has 0 N–H and O–H groups in total. The van der Waals surface area contributed by atoms with Crippen molar-refractivity contribution in [2.75, 3.05) is 0 Å². The fourth-order valence-electron chi connectivity index (χ4n) is 1.53. The van der Waals surface area contributed by atoms with Gasteiger partial charge >= 0.3 is 0 Å². The molecule has 0 saturated carbocycles. The van der Waals surface area contributed by atoms with Gasteiger partial charge in [0.2, 0.25) is 5.82 Å². The van der Waals surface area contributed by atoms with Gasteiger partial charge < -0.3 is 4.42 Å². The van der Waals surface area contributed by atoms with Crippen LogP contribution in [0.25, 0.3) is 17.2 Å². The molecule has 3 rings (SSSR count). The maximum Gasteiger partial charge on any atom is 0.205 e. The van der Waals surface area contributed by atoms with Gasteiger partial charge in [-0.25, -0.2) is 0 Å². The third kappa shape index (κ3) is 1.29. The summed E-state index contributed by atoms with van der Waals surface area (Å²) in [5, 5.41) is 8.46. The number of nitrogens with zero attached hydrogens (tertiary/aromatic N) is 4. The Morgan fingerprint density at radius 3 is 2.88 bits per heavy atom. The van der Waals surface area contributed by atoms with Crippen LogP contribution in [0.1, 0.15) is 5.76 Å². The zero-order valence-corrected chi connectivity index (χ0v) is 9.14. The monoisotopic (exact) mass is 234 g/mol. The molecule has 0 aliphatic carbocycles. The van der Waals surface area contributed by atoms with Gasteiger partial charge in [0.25, 0.3) is 0 Å². The van der Waals surface area contributed by atoms with Gasteiger partial charge in [-0.15, -0.1) is 10.2 Å². The molecule has 3 aromatic heterocycles. The van der Waals surface area contributed by atoms with Crippen molar-refractivity contribution >= 4 is 17.2 Å². The third-order valence-corrected chi connectivity index (χ3v) is 2.50.